The predicted octanol–water partition coefficient (Wildman–Crippen LogP) is 6.17. The van der Waals surface area contributed by atoms with E-state index in [0.717, 1.165) is 5.52 Å². The van der Waals surface area contributed by atoms with E-state index in [1.165, 1.54) is 16.5 Å². The van der Waals surface area contributed by atoms with Crippen LogP contribution in [-0.2, 0) is 0 Å². The van der Waals surface area contributed by atoms with Gasteiger partial charge in [-0.05, 0) is 41.2 Å². The lowest BCUT2D eigenvalue weighted by molar-refractivity contribution is 0.867. The summed E-state index contributed by atoms with van der Waals surface area (Å²) in [6.45, 7) is 8.82. The molecule has 0 radical (unpaired) electrons. The molecule has 0 atom stereocenters. The molecule has 2 aromatic carbocycles. The van der Waals surface area contributed by atoms with Crippen LogP contribution in [0.2, 0.25) is 0 Å². The number of hydrogen-bond acceptors (Lipinski definition) is 1. The summed E-state index contributed by atoms with van der Waals surface area (Å²) in [5, 5.41) is 1.23. The Balaban J connectivity index is 0.000000172. The van der Waals surface area contributed by atoms with Crippen molar-refractivity contribution in [1.29, 1.82) is 0 Å². The van der Waals surface area contributed by atoms with E-state index in [4.69, 9.17) is 0 Å². The Bertz CT molecular complexity index is 699. The zero-order chi connectivity index (χ0) is 15.9. The van der Waals surface area contributed by atoms with Crippen molar-refractivity contribution in [3.63, 3.8) is 0 Å². The first kappa shape index (κ1) is 16.2. The van der Waals surface area contributed by atoms with E-state index in [2.05, 4.69) is 81.2 Å². The van der Waals surface area contributed by atoms with Gasteiger partial charge >= 0.3 is 0 Å². The molecule has 3 rings (SSSR count). The molecular formula is C21H25N. The van der Waals surface area contributed by atoms with Gasteiger partial charge in [-0.1, -0.05) is 70.2 Å². The highest BCUT2D eigenvalue weighted by atomic mass is 14.6. The molecule has 0 amide bonds. The average molecular weight is 291 g/mol. The second-order valence-electron chi connectivity index (χ2n) is 6.18. The molecule has 0 saturated carbocycles. The molecule has 0 aliphatic heterocycles. The van der Waals surface area contributed by atoms with Gasteiger partial charge in [0.25, 0.3) is 0 Å². The van der Waals surface area contributed by atoms with Crippen molar-refractivity contribution in [3.05, 3.63) is 78.0 Å². The summed E-state index contributed by atoms with van der Waals surface area (Å²) in [6, 6.07) is 21.1. The van der Waals surface area contributed by atoms with Gasteiger partial charge in [0, 0.05) is 11.6 Å². The highest BCUT2D eigenvalue weighted by molar-refractivity contribution is 5.79. The number of hydrogen-bond donors (Lipinski definition) is 0. The summed E-state index contributed by atoms with van der Waals surface area (Å²) in [6.07, 6.45) is 1.83. The third-order valence-corrected chi connectivity index (χ3v) is 3.76. The number of aromatic nitrogens is 1. The van der Waals surface area contributed by atoms with Crippen LogP contribution in [0, 0.1) is 0 Å². The van der Waals surface area contributed by atoms with Gasteiger partial charge in [0.2, 0.25) is 0 Å². The summed E-state index contributed by atoms with van der Waals surface area (Å²) in [4.78, 5) is 4.28. The van der Waals surface area contributed by atoms with Gasteiger partial charge in [0.05, 0.1) is 5.52 Å². The molecule has 1 heteroatoms. The molecule has 0 unspecified atom stereocenters. The fourth-order valence-electron chi connectivity index (χ4n) is 2.29. The highest BCUT2D eigenvalue weighted by Gasteiger charge is 1.99. The van der Waals surface area contributed by atoms with E-state index in [1.54, 1.807) is 0 Å². The Kier molecular flexibility index (Phi) is 5.71. The first-order valence-corrected chi connectivity index (χ1v) is 7.97. The SMILES string of the molecule is CC(C)c1ccc2ncccc2c1.CC(C)c1ccccc1. The normalized spacial score (nSPS) is 10.6. The van der Waals surface area contributed by atoms with E-state index < -0.39 is 0 Å². The van der Waals surface area contributed by atoms with Crippen molar-refractivity contribution in [2.45, 2.75) is 39.5 Å². The summed E-state index contributed by atoms with van der Waals surface area (Å²) in [5.41, 5.74) is 3.87. The molecule has 114 valence electrons. The average Bonchev–Trinajstić information content (AvgIpc) is 2.55. The molecule has 1 aromatic heterocycles. The quantitative estimate of drug-likeness (QED) is 0.550. The first-order valence-electron chi connectivity index (χ1n) is 7.97. The Hall–Kier alpha value is -2.15. The maximum Gasteiger partial charge on any atom is 0.0702 e. The van der Waals surface area contributed by atoms with Crippen LogP contribution in [-0.4, -0.2) is 4.98 Å². The second kappa shape index (κ2) is 7.74. The van der Waals surface area contributed by atoms with Gasteiger partial charge in [-0.15, -0.1) is 0 Å². The van der Waals surface area contributed by atoms with Crippen molar-refractivity contribution < 1.29 is 0 Å². The number of rotatable bonds is 2. The molecule has 0 N–H and O–H groups in total. The van der Waals surface area contributed by atoms with Gasteiger partial charge in [-0.2, -0.15) is 0 Å². The maximum atomic E-state index is 4.28. The number of benzene rings is 2. The Labute approximate surface area is 134 Å². The second-order valence-corrected chi connectivity index (χ2v) is 6.18. The van der Waals surface area contributed by atoms with Gasteiger partial charge in [0.1, 0.15) is 0 Å². The summed E-state index contributed by atoms with van der Waals surface area (Å²) in [7, 11) is 0. The molecule has 0 fully saturated rings. The molecule has 1 nitrogen and oxygen atoms in total. The standard InChI is InChI=1S/C12H13N.C9H12/c1-9(2)10-5-6-12-11(8-10)4-3-7-13-12;1-8(2)9-6-4-3-5-7-9/h3-9H,1-2H3;3-8H,1-2H3. The summed E-state index contributed by atoms with van der Waals surface area (Å²) in [5.74, 6) is 1.25. The van der Waals surface area contributed by atoms with E-state index in [0.29, 0.717) is 11.8 Å². The van der Waals surface area contributed by atoms with Gasteiger partial charge in [-0.25, -0.2) is 0 Å². The van der Waals surface area contributed by atoms with Crippen molar-refractivity contribution in [1.82, 2.24) is 4.98 Å². The zero-order valence-electron chi connectivity index (χ0n) is 14.0. The maximum absolute atomic E-state index is 4.28. The topological polar surface area (TPSA) is 12.9 Å². The van der Waals surface area contributed by atoms with Crippen LogP contribution in [0.25, 0.3) is 10.9 Å². The molecular weight excluding hydrogens is 266 g/mol. The summed E-state index contributed by atoms with van der Waals surface area (Å²) >= 11 is 0. The molecule has 0 aliphatic carbocycles. The first-order chi connectivity index (χ1) is 10.6. The monoisotopic (exact) mass is 291 g/mol. The number of nitrogens with zero attached hydrogens (tertiary/aromatic N) is 1. The molecule has 0 bridgehead atoms. The minimum atomic E-state index is 0.588. The van der Waals surface area contributed by atoms with Gasteiger partial charge in [-0.3, -0.25) is 4.98 Å². The number of pyridine rings is 1. The van der Waals surface area contributed by atoms with Crippen molar-refractivity contribution in [3.8, 4) is 0 Å². The lowest BCUT2D eigenvalue weighted by Crippen LogP contribution is -1.87. The van der Waals surface area contributed by atoms with Crippen LogP contribution in [0.4, 0.5) is 0 Å². The minimum absolute atomic E-state index is 0.588. The van der Waals surface area contributed by atoms with Gasteiger partial charge < -0.3 is 0 Å². The van der Waals surface area contributed by atoms with Crippen LogP contribution in [0.3, 0.4) is 0 Å². The Morgan fingerprint density at radius 3 is 1.95 bits per heavy atom. The lowest BCUT2D eigenvalue weighted by Gasteiger charge is -2.05. The highest BCUT2D eigenvalue weighted by Crippen LogP contribution is 2.19. The van der Waals surface area contributed by atoms with E-state index in [9.17, 15) is 0 Å². The molecule has 22 heavy (non-hydrogen) atoms. The molecule has 0 aliphatic rings. The van der Waals surface area contributed by atoms with Crippen molar-refractivity contribution >= 4 is 10.9 Å². The zero-order valence-corrected chi connectivity index (χ0v) is 14.0. The van der Waals surface area contributed by atoms with Crippen molar-refractivity contribution in [2.24, 2.45) is 0 Å². The van der Waals surface area contributed by atoms with Crippen molar-refractivity contribution in [2.75, 3.05) is 0 Å². The number of fused-ring (bicyclic) bond motifs is 1. The van der Waals surface area contributed by atoms with E-state index in [-0.39, 0.29) is 0 Å². The lowest BCUT2D eigenvalue weighted by atomic mass is 10.0. The van der Waals surface area contributed by atoms with Gasteiger partial charge in [0.15, 0.2) is 0 Å². The van der Waals surface area contributed by atoms with Crippen LogP contribution in [0.15, 0.2) is 66.9 Å². The Morgan fingerprint density at radius 1 is 0.682 bits per heavy atom. The largest absolute Gasteiger partial charge is 0.256 e. The third kappa shape index (κ3) is 4.42. The van der Waals surface area contributed by atoms with Crippen LogP contribution < -0.4 is 0 Å². The predicted molar refractivity (Wildman–Crippen MR) is 96.4 cm³/mol. The fourth-order valence-corrected chi connectivity index (χ4v) is 2.29. The molecule has 0 spiro atoms. The Morgan fingerprint density at radius 2 is 1.36 bits per heavy atom. The molecule has 0 saturated heterocycles. The van der Waals surface area contributed by atoms with E-state index >= 15 is 0 Å². The summed E-state index contributed by atoms with van der Waals surface area (Å²) < 4.78 is 0. The van der Waals surface area contributed by atoms with Crippen LogP contribution in [0.1, 0.15) is 50.7 Å². The van der Waals surface area contributed by atoms with E-state index in [1.807, 2.05) is 18.3 Å². The fraction of sp³-hybridized carbons (Fsp3) is 0.286. The molecule has 3 aromatic rings. The smallest absolute Gasteiger partial charge is 0.0702 e. The third-order valence-electron chi connectivity index (χ3n) is 3.76. The van der Waals surface area contributed by atoms with Crippen LogP contribution in [0.5, 0.6) is 0 Å². The minimum Gasteiger partial charge on any atom is -0.256 e. The molecule has 1 heterocycles. The van der Waals surface area contributed by atoms with Crippen LogP contribution >= 0.6 is 0 Å².